The van der Waals surface area contributed by atoms with E-state index in [1.165, 1.54) is 21.5 Å². The van der Waals surface area contributed by atoms with Crippen LogP contribution < -0.4 is 5.32 Å². The molecule has 4 heteroatoms. The van der Waals surface area contributed by atoms with Crippen molar-refractivity contribution in [3.8, 4) is 11.1 Å². The van der Waals surface area contributed by atoms with Crippen LogP contribution in [0.25, 0.3) is 54.6 Å². The normalized spacial score (nSPS) is 14.9. The second-order valence-electron chi connectivity index (χ2n) is 11.5. The van der Waals surface area contributed by atoms with Crippen LogP contribution in [0, 0.1) is 0 Å². The number of rotatable bonds is 4. The second-order valence-corrected chi connectivity index (χ2v) is 11.5. The van der Waals surface area contributed by atoms with Gasteiger partial charge >= 0.3 is 0 Å². The highest BCUT2D eigenvalue weighted by atomic mass is 16.3. The summed E-state index contributed by atoms with van der Waals surface area (Å²) in [5, 5.41) is 10.5. The molecule has 7 aromatic carbocycles. The van der Waals surface area contributed by atoms with Gasteiger partial charge in [0.2, 0.25) is 0 Å². The average Bonchev–Trinajstić information content (AvgIpc) is 3.49. The van der Waals surface area contributed by atoms with E-state index in [0.717, 1.165) is 61.4 Å². The molecule has 1 aliphatic rings. The number of furan rings is 1. The molecule has 4 nitrogen and oxygen atoms in total. The van der Waals surface area contributed by atoms with Gasteiger partial charge in [0.1, 0.15) is 22.8 Å². The number of fused-ring (bicyclic) bond motifs is 5. The Morgan fingerprint density at radius 3 is 1.96 bits per heavy atom. The highest BCUT2D eigenvalue weighted by Crippen LogP contribution is 2.36. The third-order valence-electron chi connectivity index (χ3n) is 8.69. The van der Waals surface area contributed by atoms with Crippen molar-refractivity contribution in [2.24, 2.45) is 9.98 Å². The lowest BCUT2D eigenvalue weighted by atomic mass is 9.99. The lowest BCUT2D eigenvalue weighted by molar-refractivity contribution is 0.669. The summed E-state index contributed by atoms with van der Waals surface area (Å²) in [7, 11) is 0. The Hall–Kier alpha value is -6.00. The molecule has 0 radical (unpaired) electrons. The number of aliphatic imine (C=N–C) groups is 2. The van der Waals surface area contributed by atoms with Crippen LogP contribution in [0.15, 0.2) is 166 Å². The third-order valence-corrected chi connectivity index (χ3v) is 8.69. The maximum Gasteiger partial charge on any atom is 0.169 e. The van der Waals surface area contributed by atoms with Crippen molar-refractivity contribution in [3.63, 3.8) is 0 Å². The van der Waals surface area contributed by atoms with Gasteiger partial charge in [-0.2, -0.15) is 0 Å². The van der Waals surface area contributed by atoms with E-state index in [1.807, 2.05) is 30.3 Å². The summed E-state index contributed by atoms with van der Waals surface area (Å²) in [6.45, 7) is 0. The molecule has 2 heterocycles. The quantitative estimate of drug-likeness (QED) is 0.226. The van der Waals surface area contributed by atoms with Crippen LogP contribution in [0.2, 0.25) is 0 Å². The molecule has 9 rings (SSSR count). The molecule has 8 aromatic rings. The largest absolute Gasteiger partial charge is 0.456 e. The Kier molecular flexibility index (Phi) is 5.85. The van der Waals surface area contributed by atoms with Gasteiger partial charge in [0.25, 0.3) is 0 Å². The standard InChI is InChI=1S/C41H27N3O/c1-2-11-28(12-3-1)39-42-40(33-20-18-27-10-5-7-14-30(27)24-33)44-41(43-39)35-15-8-16-36-38(35)34-22-21-32(25-37(34)45-36)31-19-17-26-9-4-6-13-29(26)23-31/h1-25,40H,(H,42,43,44). The fourth-order valence-corrected chi connectivity index (χ4v) is 6.42. The number of amidine groups is 2. The molecule has 212 valence electrons. The van der Waals surface area contributed by atoms with Crippen LogP contribution in [-0.2, 0) is 0 Å². The monoisotopic (exact) mass is 577 g/mol. The average molecular weight is 578 g/mol. The minimum atomic E-state index is -0.394. The van der Waals surface area contributed by atoms with Crippen molar-refractivity contribution in [2.75, 3.05) is 0 Å². The summed E-state index contributed by atoms with van der Waals surface area (Å²) < 4.78 is 6.49. The molecule has 0 saturated heterocycles. The lowest BCUT2D eigenvalue weighted by Gasteiger charge is -2.23. The van der Waals surface area contributed by atoms with E-state index in [0.29, 0.717) is 0 Å². The van der Waals surface area contributed by atoms with E-state index in [1.54, 1.807) is 0 Å². The van der Waals surface area contributed by atoms with Crippen LogP contribution in [-0.4, -0.2) is 11.7 Å². The second kappa shape index (κ2) is 10.3. The molecule has 0 spiro atoms. The Bertz CT molecular complexity index is 2470. The lowest BCUT2D eigenvalue weighted by Crippen LogP contribution is -2.36. The Morgan fingerprint density at radius 1 is 0.467 bits per heavy atom. The van der Waals surface area contributed by atoms with Gasteiger partial charge in [0.05, 0.1) is 0 Å². The summed E-state index contributed by atoms with van der Waals surface area (Å²) in [5.41, 5.74) is 7.01. The summed E-state index contributed by atoms with van der Waals surface area (Å²) in [6.07, 6.45) is -0.394. The third kappa shape index (κ3) is 4.47. The number of nitrogens with zero attached hydrogens (tertiary/aromatic N) is 2. The maximum atomic E-state index is 6.49. The Balaban J connectivity index is 1.18. The molecule has 1 unspecified atom stereocenters. The molecular weight excluding hydrogens is 550 g/mol. The minimum Gasteiger partial charge on any atom is -0.456 e. The van der Waals surface area contributed by atoms with Crippen molar-refractivity contribution < 1.29 is 4.42 Å². The fourth-order valence-electron chi connectivity index (χ4n) is 6.42. The minimum absolute atomic E-state index is 0.394. The summed E-state index contributed by atoms with van der Waals surface area (Å²) in [6, 6.07) is 52.9. The molecule has 0 aliphatic carbocycles. The molecule has 1 aromatic heterocycles. The Labute approximate surface area is 260 Å². The molecular formula is C41H27N3O. The highest BCUT2D eigenvalue weighted by molar-refractivity contribution is 6.23. The number of hydrogen-bond donors (Lipinski definition) is 1. The van der Waals surface area contributed by atoms with Crippen molar-refractivity contribution >= 4 is 55.2 Å². The van der Waals surface area contributed by atoms with Crippen LogP contribution in [0.4, 0.5) is 0 Å². The summed E-state index contributed by atoms with van der Waals surface area (Å²) in [4.78, 5) is 10.3. The molecule has 0 amide bonds. The van der Waals surface area contributed by atoms with E-state index in [4.69, 9.17) is 14.4 Å². The number of hydrogen-bond acceptors (Lipinski definition) is 4. The zero-order valence-corrected chi connectivity index (χ0v) is 24.3. The van der Waals surface area contributed by atoms with Crippen LogP contribution in [0.3, 0.4) is 0 Å². The van der Waals surface area contributed by atoms with Crippen molar-refractivity contribution in [1.29, 1.82) is 0 Å². The highest BCUT2D eigenvalue weighted by Gasteiger charge is 2.23. The van der Waals surface area contributed by atoms with Crippen molar-refractivity contribution in [3.05, 3.63) is 168 Å². The van der Waals surface area contributed by atoms with Gasteiger partial charge in [0, 0.05) is 21.9 Å². The predicted molar refractivity (Wildman–Crippen MR) is 186 cm³/mol. The first-order valence-electron chi connectivity index (χ1n) is 15.2. The van der Waals surface area contributed by atoms with Gasteiger partial charge in [0.15, 0.2) is 6.17 Å². The fraction of sp³-hybridized carbons (Fsp3) is 0.0244. The summed E-state index contributed by atoms with van der Waals surface area (Å²) >= 11 is 0. The molecule has 1 aliphatic heterocycles. The van der Waals surface area contributed by atoms with Gasteiger partial charge in [-0.15, -0.1) is 0 Å². The van der Waals surface area contributed by atoms with Gasteiger partial charge in [-0.1, -0.05) is 121 Å². The first-order valence-corrected chi connectivity index (χ1v) is 15.2. The SMILES string of the molecule is c1ccc(C2=NC(c3ccc4ccccc4c3)N=C(c3cccc4oc5cc(-c6ccc7ccccc7c6)ccc5c34)N2)cc1. The van der Waals surface area contributed by atoms with E-state index < -0.39 is 6.17 Å². The first-order chi connectivity index (χ1) is 22.3. The van der Waals surface area contributed by atoms with E-state index in [-0.39, 0.29) is 0 Å². The van der Waals surface area contributed by atoms with Crippen LogP contribution in [0.5, 0.6) is 0 Å². The number of nitrogens with one attached hydrogen (secondary N) is 1. The molecule has 1 atom stereocenters. The Morgan fingerprint density at radius 2 is 1.13 bits per heavy atom. The topological polar surface area (TPSA) is 49.9 Å². The van der Waals surface area contributed by atoms with Crippen molar-refractivity contribution in [2.45, 2.75) is 6.17 Å². The first kappa shape index (κ1) is 25.5. The maximum absolute atomic E-state index is 6.49. The smallest absolute Gasteiger partial charge is 0.169 e. The number of benzene rings is 7. The van der Waals surface area contributed by atoms with E-state index in [2.05, 4.69) is 127 Å². The zero-order chi connectivity index (χ0) is 29.7. The molecule has 0 saturated carbocycles. The van der Waals surface area contributed by atoms with Gasteiger partial charge in [-0.3, -0.25) is 0 Å². The van der Waals surface area contributed by atoms with Gasteiger partial charge < -0.3 is 9.73 Å². The van der Waals surface area contributed by atoms with Crippen LogP contribution in [0.1, 0.15) is 22.9 Å². The van der Waals surface area contributed by atoms with Crippen molar-refractivity contribution in [1.82, 2.24) is 5.32 Å². The summed E-state index contributed by atoms with van der Waals surface area (Å²) in [5.74, 6) is 1.57. The van der Waals surface area contributed by atoms with Gasteiger partial charge in [-0.25, -0.2) is 9.98 Å². The molecule has 1 N–H and O–H groups in total. The molecule has 0 fully saturated rings. The predicted octanol–water partition coefficient (Wildman–Crippen LogP) is 10.1. The zero-order valence-electron chi connectivity index (χ0n) is 24.3. The van der Waals surface area contributed by atoms with Crippen LogP contribution >= 0.6 is 0 Å². The van der Waals surface area contributed by atoms with E-state index in [9.17, 15) is 0 Å². The molecule has 0 bridgehead atoms. The molecule has 45 heavy (non-hydrogen) atoms. The van der Waals surface area contributed by atoms with E-state index >= 15 is 0 Å². The van der Waals surface area contributed by atoms with Gasteiger partial charge in [-0.05, 0) is 68.6 Å².